The smallest absolute Gasteiger partial charge is 0.226 e. The number of nitrogens with zero attached hydrogens (tertiary/aromatic N) is 1. The number of likely N-dealkylation sites (tertiary alicyclic amines) is 1. The molecular weight excluding hydrogens is 376 g/mol. The topological polar surface area (TPSA) is 83.5 Å². The number of nitrogens with one attached hydrogen (secondary N) is 1. The van der Waals surface area contributed by atoms with Gasteiger partial charge in [0, 0.05) is 25.2 Å². The molecular formula is C21H24N2O4S. The van der Waals surface area contributed by atoms with Crippen molar-refractivity contribution < 1.29 is 18.0 Å². The Morgan fingerprint density at radius 2 is 1.57 bits per heavy atom. The number of anilines is 1. The minimum Gasteiger partial charge on any atom is -0.342 e. The molecule has 0 aliphatic carbocycles. The molecule has 2 amide bonds. The highest BCUT2D eigenvalue weighted by molar-refractivity contribution is 7.91. The van der Waals surface area contributed by atoms with E-state index in [-0.39, 0.29) is 28.9 Å². The van der Waals surface area contributed by atoms with Gasteiger partial charge in [-0.15, -0.1) is 0 Å². The van der Waals surface area contributed by atoms with Gasteiger partial charge in [0.1, 0.15) is 0 Å². The summed E-state index contributed by atoms with van der Waals surface area (Å²) in [5.41, 5.74) is 1.47. The molecule has 0 unspecified atom stereocenters. The maximum absolute atomic E-state index is 12.2. The maximum atomic E-state index is 12.2. The molecule has 0 atom stereocenters. The van der Waals surface area contributed by atoms with Crippen LogP contribution in [0.15, 0.2) is 59.5 Å². The van der Waals surface area contributed by atoms with E-state index in [1.807, 2.05) is 17.0 Å². The highest BCUT2D eigenvalue weighted by Gasteiger charge is 2.18. The second-order valence-corrected chi connectivity index (χ2v) is 9.00. The third kappa shape index (κ3) is 5.42. The summed E-state index contributed by atoms with van der Waals surface area (Å²) in [6.07, 6.45) is 2.36. The van der Waals surface area contributed by atoms with Crippen LogP contribution in [0.25, 0.3) is 0 Å². The zero-order valence-electron chi connectivity index (χ0n) is 15.6. The molecule has 0 spiro atoms. The predicted octanol–water partition coefficient (Wildman–Crippen LogP) is 2.65. The van der Waals surface area contributed by atoms with Crippen molar-refractivity contribution in [1.29, 1.82) is 0 Å². The van der Waals surface area contributed by atoms with Gasteiger partial charge in [-0.1, -0.05) is 30.3 Å². The average molecular weight is 401 g/mol. The first-order valence-electron chi connectivity index (χ1n) is 9.38. The lowest BCUT2D eigenvalue weighted by Crippen LogP contribution is -2.29. The summed E-state index contributed by atoms with van der Waals surface area (Å²) in [6.45, 7) is 1.66. The van der Waals surface area contributed by atoms with Crippen LogP contribution in [-0.2, 0) is 25.8 Å². The monoisotopic (exact) mass is 400 g/mol. The molecule has 3 rings (SSSR count). The maximum Gasteiger partial charge on any atom is 0.226 e. The zero-order chi connectivity index (χ0) is 20.0. The second-order valence-electron chi connectivity index (χ2n) is 6.89. The van der Waals surface area contributed by atoms with E-state index in [0.29, 0.717) is 12.1 Å². The first kappa shape index (κ1) is 20.1. The Labute approximate surface area is 165 Å². The van der Waals surface area contributed by atoms with Crippen molar-refractivity contribution >= 4 is 27.3 Å². The van der Waals surface area contributed by atoms with Crippen molar-refractivity contribution in [2.24, 2.45) is 0 Å². The molecule has 28 heavy (non-hydrogen) atoms. The van der Waals surface area contributed by atoms with Crippen LogP contribution in [0.4, 0.5) is 5.69 Å². The Morgan fingerprint density at radius 3 is 2.21 bits per heavy atom. The predicted molar refractivity (Wildman–Crippen MR) is 108 cm³/mol. The number of hydrogen-bond donors (Lipinski definition) is 1. The van der Waals surface area contributed by atoms with Gasteiger partial charge in [0.05, 0.1) is 17.1 Å². The summed E-state index contributed by atoms with van der Waals surface area (Å²) in [5, 5.41) is 2.70. The van der Waals surface area contributed by atoms with Gasteiger partial charge < -0.3 is 10.2 Å². The van der Waals surface area contributed by atoms with Crippen LogP contribution in [-0.4, -0.2) is 44.0 Å². The van der Waals surface area contributed by atoms with E-state index in [9.17, 15) is 18.0 Å². The van der Waals surface area contributed by atoms with Crippen molar-refractivity contribution in [3.63, 3.8) is 0 Å². The van der Waals surface area contributed by atoms with Gasteiger partial charge >= 0.3 is 0 Å². The molecule has 0 saturated carbocycles. The van der Waals surface area contributed by atoms with Crippen molar-refractivity contribution in [1.82, 2.24) is 4.90 Å². The van der Waals surface area contributed by atoms with E-state index in [2.05, 4.69) is 5.32 Å². The molecule has 1 heterocycles. The highest BCUT2D eigenvalue weighted by Crippen LogP contribution is 2.15. The van der Waals surface area contributed by atoms with E-state index < -0.39 is 9.84 Å². The number of amides is 2. The Balaban J connectivity index is 1.49. The van der Waals surface area contributed by atoms with E-state index in [1.165, 1.54) is 12.1 Å². The zero-order valence-corrected chi connectivity index (χ0v) is 16.5. The SMILES string of the molecule is O=C(CCS(=O)(=O)c1ccccc1)Nc1ccc(CC(=O)N2CCCC2)cc1. The number of rotatable bonds is 7. The van der Waals surface area contributed by atoms with Crippen LogP contribution < -0.4 is 5.32 Å². The average Bonchev–Trinajstić information content (AvgIpc) is 3.24. The van der Waals surface area contributed by atoms with E-state index in [4.69, 9.17) is 0 Å². The number of sulfone groups is 1. The summed E-state index contributed by atoms with van der Waals surface area (Å²) in [4.78, 5) is 26.4. The lowest BCUT2D eigenvalue weighted by molar-refractivity contribution is -0.129. The molecule has 1 fully saturated rings. The van der Waals surface area contributed by atoms with E-state index in [0.717, 1.165) is 31.5 Å². The molecule has 2 aromatic rings. The largest absolute Gasteiger partial charge is 0.342 e. The molecule has 7 heteroatoms. The van der Waals surface area contributed by atoms with Crippen LogP contribution in [0.5, 0.6) is 0 Å². The summed E-state index contributed by atoms with van der Waals surface area (Å²) in [6, 6.07) is 15.2. The second kappa shape index (κ2) is 9.01. The fourth-order valence-electron chi connectivity index (χ4n) is 3.16. The Kier molecular flexibility index (Phi) is 6.46. The molecule has 2 aromatic carbocycles. The summed E-state index contributed by atoms with van der Waals surface area (Å²) >= 11 is 0. The van der Waals surface area contributed by atoms with E-state index in [1.54, 1.807) is 30.3 Å². The van der Waals surface area contributed by atoms with Crippen LogP contribution in [0, 0.1) is 0 Å². The van der Waals surface area contributed by atoms with Gasteiger partial charge in [-0.05, 0) is 42.7 Å². The molecule has 6 nitrogen and oxygen atoms in total. The van der Waals surface area contributed by atoms with Gasteiger partial charge in [0.15, 0.2) is 9.84 Å². The molecule has 1 aliphatic heterocycles. The molecule has 0 radical (unpaired) electrons. The fourth-order valence-corrected chi connectivity index (χ4v) is 4.42. The quantitative estimate of drug-likeness (QED) is 0.774. The van der Waals surface area contributed by atoms with Gasteiger partial charge in [-0.2, -0.15) is 0 Å². The normalized spacial score (nSPS) is 14.1. The van der Waals surface area contributed by atoms with Crippen LogP contribution in [0.2, 0.25) is 0 Å². The minimum atomic E-state index is -3.48. The van der Waals surface area contributed by atoms with Crippen molar-refractivity contribution in [3.05, 3.63) is 60.2 Å². The highest BCUT2D eigenvalue weighted by atomic mass is 32.2. The van der Waals surface area contributed by atoms with Gasteiger partial charge in [0.2, 0.25) is 11.8 Å². The number of benzene rings is 2. The van der Waals surface area contributed by atoms with E-state index >= 15 is 0 Å². The minimum absolute atomic E-state index is 0.119. The molecule has 148 valence electrons. The Hall–Kier alpha value is -2.67. The van der Waals surface area contributed by atoms with Crippen molar-refractivity contribution in [3.8, 4) is 0 Å². The standard InChI is InChI=1S/C21H24N2O4S/c24-20(12-15-28(26,27)19-6-2-1-3-7-19)22-18-10-8-17(9-11-18)16-21(25)23-13-4-5-14-23/h1-3,6-11H,4-5,12-16H2,(H,22,24). The molecule has 0 aromatic heterocycles. The third-order valence-corrected chi connectivity index (χ3v) is 6.48. The Morgan fingerprint density at radius 1 is 0.929 bits per heavy atom. The summed E-state index contributed by atoms with van der Waals surface area (Å²) in [5.74, 6) is -0.480. The fraction of sp³-hybridized carbons (Fsp3) is 0.333. The number of carbonyl (C=O) groups is 2. The summed E-state index contributed by atoms with van der Waals surface area (Å²) in [7, 11) is -3.48. The number of carbonyl (C=O) groups excluding carboxylic acids is 2. The lowest BCUT2D eigenvalue weighted by Gasteiger charge is -2.15. The van der Waals surface area contributed by atoms with Gasteiger partial charge in [-0.3, -0.25) is 9.59 Å². The molecule has 1 N–H and O–H groups in total. The van der Waals surface area contributed by atoms with Gasteiger partial charge in [-0.25, -0.2) is 8.42 Å². The first-order chi connectivity index (χ1) is 13.4. The summed E-state index contributed by atoms with van der Waals surface area (Å²) < 4.78 is 24.5. The molecule has 1 saturated heterocycles. The van der Waals surface area contributed by atoms with Gasteiger partial charge in [0.25, 0.3) is 0 Å². The number of hydrogen-bond acceptors (Lipinski definition) is 4. The Bertz CT molecular complexity index is 919. The van der Waals surface area contributed by atoms with Crippen LogP contribution in [0.1, 0.15) is 24.8 Å². The molecule has 0 bridgehead atoms. The van der Waals surface area contributed by atoms with Crippen LogP contribution >= 0.6 is 0 Å². The van der Waals surface area contributed by atoms with Crippen molar-refractivity contribution in [2.45, 2.75) is 30.6 Å². The van der Waals surface area contributed by atoms with Crippen molar-refractivity contribution in [2.75, 3.05) is 24.2 Å². The first-order valence-corrected chi connectivity index (χ1v) is 11.0. The molecule has 1 aliphatic rings. The lowest BCUT2D eigenvalue weighted by atomic mass is 10.1. The van der Waals surface area contributed by atoms with Crippen LogP contribution in [0.3, 0.4) is 0 Å². The third-order valence-electron chi connectivity index (χ3n) is 4.75.